The highest BCUT2D eigenvalue weighted by atomic mass is 32.2. The SMILES string of the molecule is CN(C)CCCN(C)S(=O)(=O)c1cc(N)cc(F)c1F. The first-order valence-electron chi connectivity index (χ1n) is 6.02. The fourth-order valence-corrected chi connectivity index (χ4v) is 2.98. The van der Waals surface area contributed by atoms with Crippen molar-refractivity contribution in [1.29, 1.82) is 0 Å². The van der Waals surface area contributed by atoms with Gasteiger partial charge in [-0.1, -0.05) is 0 Å². The van der Waals surface area contributed by atoms with Gasteiger partial charge in [0.05, 0.1) is 0 Å². The van der Waals surface area contributed by atoms with Gasteiger partial charge in [-0.2, -0.15) is 0 Å². The van der Waals surface area contributed by atoms with Crippen LogP contribution in [0.5, 0.6) is 0 Å². The third-order valence-electron chi connectivity index (χ3n) is 2.78. The van der Waals surface area contributed by atoms with E-state index in [1.165, 1.54) is 7.05 Å². The van der Waals surface area contributed by atoms with Gasteiger partial charge in [-0.25, -0.2) is 21.5 Å². The Morgan fingerprint density at radius 1 is 1.15 bits per heavy atom. The van der Waals surface area contributed by atoms with Crippen molar-refractivity contribution >= 4 is 15.7 Å². The van der Waals surface area contributed by atoms with Gasteiger partial charge in [0, 0.05) is 19.3 Å². The maximum absolute atomic E-state index is 13.6. The Morgan fingerprint density at radius 2 is 1.75 bits per heavy atom. The molecule has 0 fully saturated rings. The molecule has 0 heterocycles. The van der Waals surface area contributed by atoms with Gasteiger partial charge in [0.15, 0.2) is 11.6 Å². The Hall–Kier alpha value is -1.25. The molecule has 0 saturated carbocycles. The molecule has 0 aromatic heterocycles. The van der Waals surface area contributed by atoms with Crippen molar-refractivity contribution in [1.82, 2.24) is 9.21 Å². The maximum atomic E-state index is 13.6. The molecule has 1 aromatic carbocycles. The normalized spacial score (nSPS) is 12.3. The summed E-state index contributed by atoms with van der Waals surface area (Å²) in [4.78, 5) is 1.17. The van der Waals surface area contributed by atoms with Crippen LogP contribution in [0.15, 0.2) is 17.0 Å². The Labute approximate surface area is 118 Å². The van der Waals surface area contributed by atoms with Crippen LogP contribution in [0, 0.1) is 11.6 Å². The molecule has 5 nitrogen and oxygen atoms in total. The molecular weight excluding hydrogens is 288 g/mol. The van der Waals surface area contributed by atoms with Gasteiger partial charge in [-0.05, 0) is 39.2 Å². The standard InChI is InChI=1S/C12H19F2N3O2S/c1-16(2)5-4-6-17(3)20(18,19)11-8-9(15)7-10(13)12(11)14/h7-8H,4-6,15H2,1-3H3. The zero-order valence-electron chi connectivity index (χ0n) is 11.7. The fourth-order valence-electron chi connectivity index (χ4n) is 1.67. The summed E-state index contributed by atoms with van der Waals surface area (Å²) in [6.07, 6.45) is 0.579. The van der Waals surface area contributed by atoms with E-state index in [0.29, 0.717) is 13.0 Å². The summed E-state index contributed by atoms with van der Waals surface area (Å²) in [6.45, 7) is 0.893. The van der Waals surface area contributed by atoms with Gasteiger partial charge in [-0.3, -0.25) is 0 Å². The fraction of sp³-hybridized carbons (Fsp3) is 0.500. The first kappa shape index (κ1) is 16.8. The van der Waals surface area contributed by atoms with Crippen LogP contribution in [0.3, 0.4) is 0 Å². The first-order valence-corrected chi connectivity index (χ1v) is 7.46. The van der Waals surface area contributed by atoms with Crippen LogP contribution < -0.4 is 5.73 Å². The minimum absolute atomic E-state index is 0.135. The summed E-state index contributed by atoms with van der Waals surface area (Å²) < 4.78 is 52.3. The van der Waals surface area contributed by atoms with E-state index in [4.69, 9.17) is 5.73 Å². The van der Waals surface area contributed by atoms with E-state index in [-0.39, 0.29) is 12.2 Å². The van der Waals surface area contributed by atoms with Crippen molar-refractivity contribution in [3.63, 3.8) is 0 Å². The number of benzene rings is 1. The van der Waals surface area contributed by atoms with Gasteiger partial charge < -0.3 is 10.6 Å². The van der Waals surface area contributed by atoms with Crippen molar-refractivity contribution in [2.45, 2.75) is 11.3 Å². The molecule has 114 valence electrons. The molecule has 0 spiro atoms. The van der Waals surface area contributed by atoms with Crippen LogP contribution in [0.2, 0.25) is 0 Å². The van der Waals surface area contributed by atoms with Gasteiger partial charge >= 0.3 is 0 Å². The molecule has 1 rings (SSSR count). The largest absolute Gasteiger partial charge is 0.399 e. The second-order valence-electron chi connectivity index (χ2n) is 4.80. The second-order valence-corrected chi connectivity index (χ2v) is 6.81. The summed E-state index contributed by atoms with van der Waals surface area (Å²) >= 11 is 0. The molecule has 0 unspecified atom stereocenters. The zero-order chi connectivity index (χ0) is 15.5. The average molecular weight is 307 g/mol. The lowest BCUT2D eigenvalue weighted by Gasteiger charge is -2.19. The third-order valence-corrected chi connectivity index (χ3v) is 4.64. The van der Waals surface area contributed by atoms with Gasteiger partial charge in [0.2, 0.25) is 10.0 Å². The van der Waals surface area contributed by atoms with Gasteiger partial charge in [-0.15, -0.1) is 0 Å². The topological polar surface area (TPSA) is 66.6 Å². The molecule has 0 atom stereocenters. The quantitative estimate of drug-likeness (QED) is 0.800. The summed E-state index contributed by atoms with van der Waals surface area (Å²) in [5.74, 6) is -2.68. The Bertz CT molecular complexity index is 576. The van der Waals surface area contributed by atoms with Crippen molar-refractivity contribution in [2.24, 2.45) is 0 Å². The van der Waals surface area contributed by atoms with Crippen LogP contribution in [0.4, 0.5) is 14.5 Å². The lowest BCUT2D eigenvalue weighted by atomic mass is 10.3. The third kappa shape index (κ3) is 3.87. The number of anilines is 1. The number of nitrogens with two attached hydrogens (primary N) is 1. The predicted molar refractivity (Wildman–Crippen MR) is 73.8 cm³/mol. The Balaban J connectivity index is 2.99. The lowest BCUT2D eigenvalue weighted by molar-refractivity contribution is 0.369. The van der Waals surface area contributed by atoms with E-state index in [0.717, 1.165) is 16.4 Å². The molecule has 0 aliphatic heterocycles. The highest BCUT2D eigenvalue weighted by Gasteiger charge is 2.26. The first-order chi connectivity index (χ1) is 9.16. The number of nitrogen functional groups attached to an aromatic ring is 1. The van der Waals surface area contributed by atoms with E-state index in [2.05, 4.69) is 0 Å². The number of sulfonamides is 1. The van der Waals surface area contributed by atoms with Crippen molar-refractivity contribution in [2.75, 3.05) is 40.0 Å². The second kappa shape index (κ2) is 6.47. The highest BCUT2D eigenvalue weighted by Crippen LogP contribution is 2.23. The Kier molecular flexibility index (Phi) is 5.43. The minimum Gasteiger partial charge on any atom is -0.399 e. The van der Waals surface area contributed by atoms with Crippen LogP contribution in [-0.2, 0) is 10.0 Å². The van der Waals surface area contributed by atoms with Gasteiger partial charge in [0.1, 0.15) is 4.90 Å². The molecule has 1 aromatic rings. The molecule has 0 amide bonds. The molecule has 8 heteroatoms. The number of halogens is 2. The van der Waals surface area contributed by atoms with Gasteiger partial charge in [0.25, 0.3) is 0 Å². The van der Waals surface area contributed by atoms with Crippen LogP contribution in [-0.4, -0.2) is 51.9 Å². The van der Waals surface area contributed by atoms with Crippen molar-refractivity contribution in [3.8, 4) is 0 Å². The van der Waals surface area contributed by atoms with E-state index >= 15 is 0 Å². The van der Waals surface area contributed by atoms with E-state index < -0.39 is 26.6 Å². The summed E-state index contributed by atoms with van der Waals surface area (Å²) in [6, 6.07) is 1.68. The highest BCUT2D eigenvalue weighted by molar-refractivity contribution is 7.89. The minimum atomic E-state index is -4.09. The lowest BCUT2D eigenvalue weighted by Crippen LogP contribution is -2.30. The molecule has 0 radical (unpaired) electrons. The smallest absolute Gasteiger partial charge is 0.245 e. The number of rotatable bonds is 6. The molecule has 20 heavy (non-hydrogen) atoms. The van der Waals surface area contributed by atoms with Crippen molar-refractivity contribution < 1.29 is 17.2 Å². The molecule has 0 saturated heterocycles. The predicted octanol–water partition coefficient (Wildman–Crippen LogP) is 1.12. The maximum Gasteiger partial charge on any atom is 0.245 e. The molecule has 0 aliphatic carbocycles. The molecule has 0 aliphatic rings. The van der Waals surface area contributed by atoms with E-state index in [1.54, 1.807) is 0 Å². The average Bonchev–Trinajstić information content (AvgIpc) is 2.32. The molecule has 0 bridgehead atoms. The number of nitrogens with zero attached hydrogens (tertiary/aromatic N) is 2. The summed E-state index contributed by atoms with van der Waals surface area (Å²) in [7, 11) is 0.957. The zero-order valence-corrected chi connectivity index (χ0v) is 12.5. The van der Waals surface area contributed by atoms with Crippen LogP contribution in [0.25, 0.3) is 0 Å². The van der Waals surface area contributed by atoms with Crippen molar-refractivity contribution in [3.05, 3.63) is 23.8 Å². The number of hydrogen-bond donors (Lipinski definition) is 1. The molecule has 2 N–H and O–H groups in total. The number of hydrogen-bond acceptors (Lipinski definition) is 4. The van der Waals surface area contributed by atoms with E-state index in [1.807, 2.05) is 19.0 Å². The van der Waals surface area contributed by atoms with Crippen LogP contribution >= 0.6 is 0 Å². The summed E-state index contributed by atoms with van der Waals surface area (Å²) in [5, 5.41) is 0. The van der Waals surface area contributed by atoms with E-state index in [9.17, 15) is 17.2 Å². The molecular formula is C12H19F2N3O2S. The van der Waals surface area contributed by atoms with Crippen LogP contribution in [0.1, 0.15) is 6.42 Å². The summed E-state index contributed by atoms with van der Waals surface area (Å²) in [5.41, 5.74) is 5.23. The monoisotopic (exact) mass is 307 g/mol. The Morgan fingerprint density at radius 3 is 2.30 bits per heavy atom.